The molecule has 1 rings (SSSR count). The molecule has 1 N–H and O–H groups in total. The molecule has 5 nitrogen and oxygen atoms in total. The Morgan fingerprint density at radius 1 is 1.35 bits per heavy atom. The lowest BCUT2D eigenvalue weighted by Gasteiger charge is -2.18. The van der Waals surface area contributed by atoms with Crippen LogP contribution in [-0.2, 0) is 11.3 Å². The molecule has 1 amide bonds. The van der Waals surface area contributed by atoms with Gasteiger partial charge in [-0.05, 0) is 27.7 Å². The molecule has 96 valence electrons. The van der Waals surface area contributed by atoms with E-state index in [1.165, 1.54) is 0 Å². The highest BCUT2D eigenvalue weighted by atomic mass is 16.5. The van der Waals surface area contributed by atoms with Gasteiger partial charge < -0.3 is 14.7 Å². The molecule has 0 aliphatic carbocycles. The number of amides is 1. The number of hydrogen-bond acceptors (Lipinski definition) is 4. The van der Waals surface area contributed by atoms with E-state index in [1.54, 1.807) is 4.90 Å². The van der Waals surface area contributed by atoms with Crippen molar-refractivity contribution in [1.82, 2.24) is 15.4 Å². The standard InChI is InChI=1S/C12H21N3O2/c1-5-15(6-2)12(16)8-13-7-11-9(3)14-17-10(11)4/h13H,5-8H2,1-4H3. The van der Waals surface area contributed by atoms with Crippen molar-refractivity contribution in [3.05, 3.63) is 17.0 Å². The second-order valence-electron chi connectivity index (χ2n) is 3.97. The summed E-state index contributed by atoms with van der Waals surface area (Å²) in [4.78, 5) is 13.5. The van der Waals surface area contributed by atoms with Gasteiger partial charge in [0.05, 0.1) is 12.2 Å². The van der Waals surface area contributed by atoms with E-state index in [0.717, 1.165) is 30.1 Å². The SMILES string of the molecule is CCN(CC)C(=O)CNCc1c(C)noc1C. The number of nitrogens with zero attached hydrogens (tertiary/aromatic N) is 2. The number of nitrogens with one attached hydrogen (secondary N) is 1. The fraction of sp³-hybridized carbons (Fsp3) is 0.667. The van der Waals surface area contributed by atoms with Crippen LogP contribution in [0.5, 0.6) is 0 Å². The first kappa shape index (κ1) is 13.7. The summed E-state index contributed by atoms with van der Waals surface area (Å²) in [5.74, 6) is 0.937. The van der Waals surface area contributed by atoms with Gasteiger partial charge in [0, 0.05) is 25.2 Å². The minimum absolute atomic E-state index is 0.127. The summed E-state index contributed by atoms with van der Waals surface area (Å²) in [5.41, 5.74) is 1.92. The number of rotatable bonds is 6. The Morgan fingerprint density at radius 2 is 2.00 bits per heavy atom. The van der Waals surface area contributed by atoms with Crippen LogP contribution in [-0.4, -0.2) is 35.6 Å². The summed E-state index contributed by atoms with van der Waals surface area (Å²) in [6.07, 6.45) is 0. The van der Waals surface area contributed by atoms with Crippen molar-refractivity contribution in [1.29, 1.82) is 0 Å². The zero-order valence-electron chi connectivity index (χ0n) is 11.0. The predicted molar refractivity (Wildman–Crippen MR) is 65.6 cm³/mol. The molecule has 0 aromatic carbocycles. The first-order valence-corrected chi connectivity index (χ1v) is 6.00. The van der Waals surface area contributed by atoms with Crippen molar-refractivity contribution in [2.75, 3.05) is 19.6 Å². The summed E-state index contributed by atoms with van der Waals surface area (Å²) in [6.45, 7) is 10.2. The second kappa shape index (κ2) is 6.39. The Labute approximate surface area is 102 Å². The van der Waals surface area contributed by atoms with E-state index >= 15 is 0 Å². The number of carbonyl (C=O) groups excluding carboxylic acids is 1. The van der Waals surface area contributed by atoms with Crippen LogP contribution in [0, 0.1) is 13.8 Å². The largest absolute Gasteiger partial charge is 0.361 e. The minimum Gasteiger partial charge on any atom is -0.361 e. The van der Waals surface area contributed by atoms with E-state index in [4.69, 9.17) is 4.52 Å². The first-order chi connectivity index (χ1) is 8.10. The molecule has 0 aliphatic rings. The molecule has 1 heterocycles. The first-order valence-electron chi connectivity index (χ1n) is 6.00. The van der Waals surface area contributed by atoms with E-state index in [2.05, 4.69) is 10.5 Å². The molecule has 0 aliphatic heterocycles. The molecule has 0 saturated carbocycles. The third kappa shape index (κ3) is 3.56. The summed E-state index contributed by atoms with van der Waals surface area (Å²) in [7, 11) is 0. The Balaban J connectivity index is 2.40. The maximum absolute atomic E-state index is 11.7. The third-order valence-corrected chi connectivity index (χ3v) is 2.88. The Morgan fingerprint density at radius 3 is 2.47 bits per heavy atom. The summed E-state index contributed by atoms with van der Waals surface area (Å²) >= 11 is 0. The van der Waals surface area contributed by atoms with Crippen LogP contribution in [0.4, 0.5) is 0 Å². The molecule has 1 aromatic rings. The van der Waals surface area contributed by atoms with E-state index in [9.17, 15) is 4.79 Å². The highest BCUT2D eigenvalue weighted by Gasteiger charge is 2.11. The topological polar surface area (TPSA) is 58.4 Å². The van der Waals surface area contributed by atoms with Gasteiger partial charge in [0.15, 0.2) is 0 Å². The Bertz CT molecular complexity index is 350. The number of likely N-dealkylation sites (N-methyl/N-ethyl adjacent to an activating group) is 1. The van der Waals surface area contributed by atoms with Crippen LogP contribution in [0.1, 0.15) is 30.9 Å². The lowest BCUT2D eigenvalue weighted by atomic mass is 10.2. The fourth-order valence-corrected chi connectivity index (χ4v) is 1.74. The fourth-order valence-electron chi connectivity index (χ4n) is 1.74. The van der Waals surface area contributed by atoms with E-state index in [-0.39, 0.29) is 5.91 Å². The second-order valence-corrected chi connectivity index (χ2v) is 3.97. The van der Waals surface area contributed by atoms with Crippen LogP contribution in [0.25, 0.3) is 0 Å². The number of carbonyl (C=O) groups is 1. The molecule has 0 saturated heterocycles. The molecule has 0 unspecified atom stereocenters. The molecule has 1 aromatic heterocycles. The van der Waals surface area contributed by atoms with Gasteiger partial charge in [-0.25, -0.2) is 0 Å². The third-order valence-electron chi connectivity index (χ3n) is 2.88. The van der Waals surface area contributed by atoms with Crippen molar-refractivity contribution in [2.24, 2.45) is 0 Å². The summed E-state index contributed by atoms with van der Waals surface area (Å²) in [6, 6.07) is 0. The highest BCUT2D eigenvalue weighted by molar-refractivity contribution is 5.78. The van der Waals surface area contributed by atoms with E-state index in [0.29, 0.717) is 13.1 Å². The van der Waals surface area contributed by atoms with Crippen molar-refractivity contribution in [3.63, 3.8) is 0 Å². The predicted octanol–water partition coefficient (Wildman–Crippen LogP) is 1.25. The maximum Gasteiger partial charge on any atom is 0.236 e. The van der Waals surface area contributed by atoms with Crippen LogP contribution < -0.4 is 5.32 Å². The number of aromatic nitrogens is 1. The Kier molecular flexibility index (Phi) is 5.15. The van der Waals surface area contributed by atoms with Crippen LogP contribution >= 0.6 is 0 Å². The van der Waals surface area contributed by atoms with Crippen molar-refractivity contribution in [3.8, 4) is 0 Å². The van der Waals surface area contributed by atoms with Gasteiger partial charge in [-0.2, -0.15) is 0 Å². The van der Waals surface area contributed by atoms with Gasteiger partial charge in [-0.1, -0.05) is 5.16 Å². The zero-order valence-corrected chi connectivity index (χ0v) is 11.0. The van der Waals surface area contributed by atoms with Crippen molar-refractivity contribution < 1.29 is 9.32 Å². The molecule has 0 atom stereocenters. The molecular weight excluding hydrogens is 218 g/mol. The van der Waals surface area contributed by atoms with E-state index < -0.39 is 0 Å². The number of hydrogen-bond donors (Lipinski definition) is 1. The molecular formula is C12H21N3O2. The van der Waals surface area contributed by atoms with E-state index in [1.807, 2.05) is 27.7 Å². The highest BCUT2D eigenvalue weighted by Crippen LogP contribution is 2.11. The normalized spacial score (nSPS) is 10.6. The maximum atomic E-state index is 11.7. The smallest absolute Gasteiger partial charge is 0.236 e. The van der Waals surface area contributed by atoms with Gasteiger partial charge in [-0.15, -0.1) is 0 Å². The van der Waals surface area contributed by atoms with Gasteiger partial charge in [0.1, 0.15) is 5.76 Å². The molecule has 0 fully saturated rings. The minimum atomic E-state index is 0.127. The summed E-state index contributed by atoms with van der Waals surface area (Å²) < 4.78 is 5.06. The molecule has 5 heteroatoms. The number of aryl methyl sites for hydroxylation is 2. The van der Waals surface area contributed by atoms with Gasteiger partial charge >= 0.3 is 0 Å². The van der Waals surface area contributed by atoms with Gasteiger partial charge in [0.25, 0.3) is 0 Å². The lowest BCUT2D eigenvalue weighted by Crippen LogP contribution is -2.37. The van der Waals surface area contributed by atoms with Gasteiger partial charge in [-0.3, -0.25) is 4.79 Å². The summed E-state index contributed by atoms with van der Waals surface area (Å²) in [5, 5.41) is 7.00. The zero-order chi connectivity index (χ0) is 12.8. The molecule has 0 spiro atoms. The quantitative estimate of drug-likeness (QED) is 0.811. The average molecular weight is 239 g/mol. The monoisotopic (exact) mass is 239 g/mol. The van der Waals surface area contributed by atoms with Crippen molar-refractivity contribution in [2.45, 2.75) is 34.2 Å². The van der Waals surface area contributed by atoms with Crippen molar-refractivity contribution >= 4 is 5.91 Å². The van der Waals surface area contributed by atoms with Gasteiger partial charge in [0.2, 0.25) is 5.91 Å². The average Bonchev–Trinajstić information content (AvgIpc) is 2.62. The van der Waals surface area contributed by atoms with Crippen LogP contribution in [0.2, 0.25) is 0 Å². The lowest BCUT2D eigenvalue weighted by molar-refractivity contribution is -0.129. The molecule has 0 bridgehead atoms. The van der Waals surface area contributed by atoms with Crippen LogP contribution in [0.3, 0.4) is 0 Å². The Hall–Kier alpha value is -1.36. The molecule has 17 heavy (non-hydrogen) atoms. The molecule has 0 radical (unpaired) electrons. The van der Waals surface area contributed by atoms with Crippen LogP contribution in [0.15, 0.2) is 4.52 Å².